The van der Waals surface area contributed by atoms with Crippen molar-refractivity contribution in [3.05, 3.63) is 100 Å². The van der Waals surface area contributed by atoms with Crippen LogP contribution in [0.1, 0.15) is 25.0 Å². The molecule has 5 rings (SSSR count). The van der Waals surface area contributed by atoms with E-state index in [9.17, 15) is 10.1 Å². The Bertz CT molecular complexity index is 1270. The van der Waals surface area contributed by atoms with Crippen molar-refractivity contribution in [3.63, 3.8) is 0 Å². The van der Waals surface area contributed by atoms with E-state index >= 15 is 0 Å². The Hall–Kier alpha value is -3.46. The zero-order valence-corrected chi connectivity index (χ0v) is 15.8. The normalized spacial score (nSPS) is 13.9. The van der Waals surface area contributed by atoms with Gasteiger partial charge in [-0.1, -0.05) is 62.4 Å². The maximum atomic E-state index is 11.5. The molecule has 0 radical (unpaired) electrons. The zero-order valence-electron chi connectivity index (χ0n) is 15.8. The number of nitrogens with zero attached hydrogens (tertiary/aromatic N) is 1. The molecule has 28 heavy (non-hydrogen) atoms. The molecule has 0 atom stereocenters. The number of rotatable bonds is 2. The van der Waals surface area contributed by atoms with Crippen LogP contribution in [0.15, 0.2) is 78.9 Å². The number of benzene rings is 4. The molecule has 0 aliphatic heterocycles. The van der Waals surface area contributed by atoms with Crippen LogP contribution in [0, 0.1) is 10.1 Å². The van der Waals surface area contributed by atoms with Crippen molar-refractivity contribution >= 4 is 16.5 Å². The smallest absolute Gasteiger partial charge is 0.258 e. The lowest BCUT2D eigenvalue weighted by Crippen LogP contribution is -2.14. The van der Waals surface area contributed by atoms with Crippen molar-refractivity contribution < 1.29 is 4.92 Å². The van der Waals surface area contributed by atoms with Crippen molar-refractivity contribution in [2.75, 3.05) is 0 Å². The first-order valence-electron chi connectivity index (χ1n) is 9.39. The molecular formula is C25H19NO2. The summed E-state index contributed by atoms with van der Waals surface area (Å²) in [5, 5.41) is 13.9. The highest BCUT2D eigenvalue weighted by atomic mass is 16.6. The third-order valence-electron chi connectivity index (χ3n) is 5.95. The molecule has 0 saturated carbocycles. The van der Waals surface area contributed by atoms with Gasteiger partial charge in [0.2, 0.25) is 0 Å². The van der Waals surface area contributed by atoms with Crippen molar-refractivity contribution in [2.45, 2.75) is 19.3 Å². The molecule has 1 aliphatic rings. The monoisotopic (exact) mass is 365 g/mol. The molecule has 1 aliphatic carbocycles. The molecule has 0 saturated heterocycles. The minimum Gasteiger partial charge on any atom is -0.258 e. The van der Waals surface area contributed by atoms with E-state index in [2.05, 4.69) is 62.4 Å². The first-order chi connectivity index (χ1) is 13.5. The fourth-order valence-electron chi connectivity index (χ4n) is 4.48. The van der Waals surface area contributed by atoms with Crippen LogP contribution in [0.2, 0.25) is 0 Å². The van der Waals surface area contributed by atoms with Gasteiger partial charge in [0.15, 0.2) is 0 Å². The maximum Gasteiger partial charge on any atom is 0.277 e. The lowest BCUT2D eigenvalue weighted by atomic mass is 9.81. The number of para-hydroxylation sites is 1. The van der Waals surface area contributed by atoms with Crippen molar-refractivity contribution in [1.82, 2.24) is 0 Å². The van der Waals surface area contributed by atoms with E-state index in [1.165, 1.54) is 33.0 Å². The Balaban J connectivity index is 1.77. The Morgan fingerprint density at radius 3 is 2.11 bits per heavy atom. The third-order valence-corrected chi connectivity index (χ3v) is 5.95. The summed E-state index contributed by atoms with van der Waals surface area (Å²) in [5.41, 5.74) is 6.53. The highest BCUT2D eigenvalue weighted by molar-refractivity contribution is 5.94. The highest BCUT2D eigenvalue weighted by Gasteiger charge is 2.36. The van der Waals surface area contributed by atoms with E-state index < -0.39 is 0 Å². The Labute approximate surface area is 163 Å². The molecule has 0 N–H and O–H groups in total. The van der Waals surface area contributed by atoms with Gasteiger partial charge in [0.1, 0.15) is 0 Å². The Kier molecular flexibility index (Phi) is 3.44. The number of hydrogen-bond donors (Lipinski definition) is 0. The van der Waals surface area contributed by atoms with Crippen LogP contribution in [0.4, 0.5) is 5.69 Å². The van der Waals surface area contributed by atoms with Crippen molar-refractivity contribution in [1.29, 1.82) is 0 Å². The van der Waals surface area contributed by atoms with E-state index in [1.54, 1.807) is 12.1 Å². The molecule has 0 unspecified atom stereocenters. The number of nitro benzene ring substituents is 1. The van der Waals surface area contributed by atoms with Crippen molar-refractivity contribution in [2.24, 2.45) is 0 Å². The second kappa shape index (κ2) is 5.77. The second-order valence-electron chi connectivity index (χ2n) is 7.90. The molecular weight excluding hydrogens is 346 g/mol. The van der Waals surface area contributed by atoms with Gasteiger partial charge in [0, 0.05) is 11.5 Å². The lowest BCUT2D eigenvalue weighted by Gasteiger charge is -2.22. The molecule has 0 bridgehead atoms. The predicted octanol–water partition coefficient (Wildman–Crippen LogP) is 6.72. The quantitative estimate of drug-likeness (QED) is 0.292. The topological polar surface area (TPSA) is 43.1 Å². The standard InChI is InChI=1S/C25H19NO2/c1-25(2)22-12-11-18(19-9-5-6-10-24(19)26(27)28)14-20(22)21-13-16-7-3-4-8-17(16)15-23(21)25/h3-15H,1-2H3. The number of hydrogen-bond acceptors (Lipinski definition) is 2. The molecule has 0 aromatic heterocycles. The molecule has 0 heterocycles. The minimum absolute atomic E-state index is 0.101. The maximum absolute atomic E-state index is 11.5. The van der Waals surface area contributed by atoms with Crippen LogP contribution >= 0.6 is 0 Å². The Morgan fingerprint density at radius 2 is 1.36 bits per heavy atom. The molecule has 0 amide bonds. The molecule has 4 aromatic rings. The lowest BCUT2D eigenvalue weighted by molar-refractivity contribution is -0.384. The molecule has 136 valence electrons. The Morgan fingerprint density at radius 1 is 0.714 bits per heavy atom. The largest absolute Gasteiger partial charge is 0.277 e. The van der Waals surface area contributed by atoms with Gasteiger partial charge in [-0.25, -0.2) is 0 Å². The van der Waals surface area contributed by atoms with Gasteiger partial charge >= 0.3 is 0 Å². The molecule has 0 spiro atoms. The molecule has 4 aromatic carbocycles. The number of nitro groups is 1. The summed E-state index contributed by atoms with van der Waals surface area (Å²) in [4.78, 5) is 11.2. The van der Waals surface area contributed by atoms with E-state index in [4.69, 9.17) is 0 Å². The van der Waals surface area contributed by atoms with Gasteiger partial charge in [-0.2, -0.15) is 0 Å². The average molecular weight is 365 g/mol. The van der Waals surface area contributed by atoms with Crippen LogP contribution < -0.4 is 0 Å². The highest BCUT2D eigenvalue weighted by Crippen LogP contribution is 2.51. The first kappa shape index (κ1) is 16.7. The van der Waals surface area contributed by atoms with Crippen LogP contribution in [0.3, 0.4) is 0 Å². The van der Waals surface area contributed by atoms with Gasteiger partial charge in [-0.15, -0.1) is 0 Å². The summed E-state index contributed by atoms with van der Waals surface area (Å²) < 4.78 is 0. The van der Waals surface area contributed by atoms with Crippen LogP contribution in [-0.4, -0.2) is 4.92 Å². The summed E-state index contributed by atoms with van der Waals surface area (Å²) in [7, 11) is 0. The molecule has 0 fully saturated rings. The summed E-state index contributed by atoms with van der Waals surface area (Å²) in [6.45, 7) is 4.49. The number of fused-ring (bicyclic) bond motifs is 4. The van der Waals surface area contributed by atoms with Gasteiger partial charge < -0.3 is 0 Å². The van der Waals surface area contributed by atoms with Gasteiger partial charge in [-0.3, -0.25) is 10.1 Å². The van der Waals surface area contributed by atoms with E-state index in [-0.39, 0.29) is 16.0 Å². The van der Waals surface area contributed by atoms with Crippen LogP contribution in [0.5, 0.6) is 0 Å². The SMILES string of the molecule is CC1(C)c2ccc(-c3ccccc3[N+](=O)[O-])cc2-c2cc3ccccc3cc21. The van der Waals surface area contributed by atoms with E-state index in [0.29, 0.717) is 5.56 Å². The summed E-state index contributed by atoms with van der Waals surface area (Å²) in [6.07, 6.45) is 0. The van der Waals surface area contributed by atoms with Crippen LogP contribution in [-0.2, 0) is 5.41 Å². The summed E-state index contributed by atoms with van der Waals surface area (Å²) in [5.74, 6) is 0. The summed E-state index contributed by atoms with van der Waals surface area (Å²) >= 11 is 0. The molecule has 3 nitrogen and oxygen atoms in total. The van der Waals surface area contributed by atoms with Gasteiger partial charge in [0.25, 0.3) is 5.69 Å². The zero-order chi connectivity index (χ0) is 19.5. The fourth-order valence-corrected chi connectivity index (χ4v) is 4.48. The average Bonchev–Trinajstić information content (AvgIpc) is 2.93. The predicted molar refractivity (Wildman–Crippen MR) is 114 cm³/mol. The fraction of sp³-hybridized carbons (Fsp3) is 0.120. The van der Waals surface area contributed by atoms with Gasteiger partial charge in [-0.05, 0) is 62.9 Å². The van der Waals surface area contributed by atoms with Crippen molar-refractivity contribution in [3.8, 4) is 22.3 Å². The molecule has 3 heteroatoms. The third kappa shape index (κ3) is 2.29. The minimum atomic E-state index is -0.312. The summed E-state index contributed by atoms with van der Waals surface area (Å²) in [6, 6.07) is 26.1. The van der Waals surface area contributed by atoms with Crippen LogP contribution in [0.25, 0.3) is 33.0 Å². The first-order valence-corrected chi connectivity index (χ1v) is 9.39. The van der Waals surface area contributed by atoms with Gasteiger partial charge in [0.05, 0.1) is 10.5 Å². The van der Waals surface area contributed by atoms with E-state index in [0.717, 1.165) is 5.56 Å². The van der Waals surface area contributed by atoms with E-state index in [1.807, 2.05) is 18.2 Å². The second-order valence-corrected chi connectivity index (χ2v) is 7.90.